The Morgan fingerprint density at radius 3 is 2.68 bits per heavy atom. The molecule has 1 aliphatic carbocycles. The molecule has 0 radical (unpaired) electrons. The summed E-state index contributed by atoms with van der Waals surface area (Å²) in [4.78, 5) is 35.7. The van der Waals surface area contributed by atoms with Gasteiger partial charge in [-0.1, -0.05) is 42.1 Å². The Balaban J connectivity index is 1.52. The standard InChI is InChI=1S/C24H27N7OS2/c1-30(2)23-27-18(26-22(25)29-23)14-33-24-28-20-19(16-10-6-7-11-17(16)34-20)21(32)31(24)13-12-15-8-4-3-5-9-15/h3-5,8-9H,6-7,10-14H2,1-2H3,(H2,25,26,27,29). The average Bonchev–Trinajstić information content (AvgIpc) is 3.21. The van der Waals surface area contributed by atoms with Crippen molar-refractivity contribution in [2.24, 2.45) is 0 Å². The molecular formula is C24H27N7OS2. The number of thioether (sulfide) groups is 1. The van der Waals surface area contributed by atoms with E-state index in [1.807, 2.05) is 36.9 Å². The van der Waals surface area contributed by atoms with Crippen LogP contribution in [0.15, 0.2) is 40.3 Å². The van der Waals surface area contributed by atoms with Gasteiger partial charge in [0.1, 0.15) is 10.7 Å². The molecule has 0 saturated heterocycles. The van der Waals surface area contributed by atoms with E-state index in [2.05, 4.69) is 27.1 Å². The Morgan fingerprint density at radius 1 is 1.09 bits per heavy atom. The van der Waals surface area contributed by atoms with Crippen molar-refractivity contribution in [3.63, 3.8) is 0 Å². The molecule has 3 heterocycles. The van der Waals surface area contributed by atoms with Crippen LogP contribution >= 0.6 is 23.1 Å². The second-order valence-electron chi connectivity index (χ2n) is 8.57. The van der Waals surface area contributed by atoms with Crippen molar-refractivity contribution >= 4 is 45.2 Å². The Morgan fingerprint density at radius 2 is 1.88 bits per heavy atom. The highest BCUT2D eigenvalue weighted by Crippen LogP contribution is 2.35. The third-order valence-corrected chi connectivity index (χ3v) is 8.08. The summed E-state index contributed by atoms with van der Waals surface area (Å²) in [5.41, 5.74) is 8.37. The number of hydrogen-bond donors (Lipinski definition) is 1. The molecule has 1 aliphatic rings. The van der Waals surface area contributed by atoms with Gasteiger partial charge in [0, 0.05) is 25.5 Å². The number of thiophene rings is 1. The van der Waals surface area contributed by atoms with Gasteiger partial charge >= 0.3 is 0 Å². The molecule has 4 aromatic rings. The molecule has 1 aromatic carbocycles. The van der Waals surface area contributed by atoms with E-state index < -0.39 is 0 Å². The number of nitrogens with two attached hydrogens (primary N) is 1. The number of benzene rings is 1. The van der Waals surface area contributed by atoms with Crippen LogP contribution in [0.3, 0.4) is 0 Å². The third kappa shape index (κ3) is 4.65. The lowest BCUT2D eigenvalue weighted by atomic mass is 9.97. The first kappa shape index (κ1) is 22.8. The summed E-state index contributed by atoms with van der Waals surface area (Å²) in [5.74, 6) is 1.71. The predicted octanol–water partition coefficient (Wildman–Crippen LogP) is 3.71. The molecule has 0 atom stereocenters. The SMILES string of the molecule is CN(C)c1nc(N)nc(CSc2nc3sc4c(c3c(=O)n2CCc2ccccc2)CCCC4)n1. The molecule has 0 unspecified atom stereocenters. The van der Waals surface area contributed by atoms with Crippen LogP contribution in [0, 0.1) is 0 Å². The van der Waals surface area contributed by atoms with E-state index in [-0.39, 0.29) is 11.5 Å². The molecule has 3 aromatic heterocycles. The lowest BCUT2D eigenvalue weighted by molar-refractivity contribution is 0.595. The van der Waals surface area contributed by atoms with Crippen LogP contribution in [0.25, 0.3) is 10.2 Å². The lowest BCUT2D eigenvalue weighted by Gasteiger charge is -2.14. The van der Waals surface area contributed by atoms with Gasteiger partial charge in [-0.05, 0) is 43.2 Å². The minimum absolute atomic E-state index is 0.0620. The Hall–Kier alpha value is -2.98. The van der Waals surface area contributed by atoms with Gasteiger partial charge < -0.3 is 10.6 Å². The van der Waals surface area contributed by atoms with Crippen molar-refractivity contribution in [1.82, 2.24) is 24.5 Å². The highest BCUT2D eigenvalue weighted by atomic mass is 32.2. The second-order valence-corrected chi connectivity index (χ2v) is 10.6. The summed E-state index contributed by atoms with van der Waals surface area (Å²) < 4.78 is 1.83. The molecule has 0 bridgehead atoms. The van der Waals surface area contributed by atoms with E-state index in [4.69, 9.17) is 10.7 Å². The molecule has 2 N–H and O–H groups in total. The fraction of sp³-hybridized carbons (Fsp3) is 0.375. The zero-order chi connectivity index (χ0) is 23.7. The Bertz CT molecular complexity index is 1380. The molecule has 0 fully saturated rings. The van der Waals surface area contributed by atoms with E-state index in [1.54, 1.807) is 16.2 Å². The van der Waals surface area contributed by atoms with E-state index in [0.29, 0.717) is 29.2 Å². The number of hydrogen-bond acceptors (Lipinski definition) is 9. The number of nitrogens with zero attached hydrogens (tertiary/aromatic N) is 6. The normalized spacial score (nSPS) is 13.2. The summed E-state index contributed by atoms with van der Waals surface area (Å²) in [7, 11) is 3.72. The third-order valence-electron chi connectivity index (χ3n) is 5.92. The minimum Gasteiger partial charge on any atom is -0.368 e. The summed E-state index contributed by atoms with van der Waals surface area (Å²) >= 11 is 3.15. The Kier molecular flexibility index (Phi) is 6.51. The molecule has 8 nitrogen and oxygen atoms in total. The first-order chi connectivity index (χ1) is 16.5. The van der Waals surface area contributed by atoms with Crippen molar-refractivity contribution < 1.29 is 0 Å². The van der Waals surface area contributed by atoms with E-state index in [9.17, 15) is 4.79 Å². The molecule has 0 amide bonds. The first-order valence-corrected chi connectivity index (χ1v) is 13.2. The monoisotopic (exact) mass is 493 g/mol. The van der Waals surface area contributed by atoms with Gasteiger partial charge in [0.05, 0.1) is 11.1 Å². The van der Waals surface area contributed by atoms with Gasteiger partial charge in [0.25, 0.3) is 5.56 Å². The zero-order valence-electron chi connectivity index (χ0n) is 19.3. The van der Waals surface area contributed by atoms with Crippen molar-refractivity contribution in [2.45, 2.75) is 49.6 Å². The molecule has 0 spiro atoms. The van der Waals surface area contributed by atoms with Crippen molar-refractivity contribution in [2.75, 3.05) is 24.7 Å². The van der Waals surface area contributed by atoms with Crippen molar-refractivity contribution in [3.05, 3.63) is 62.5 Å². The summed E-state index contributed by atoms with van der Waals surface area (Å²) in [6.45, 7) is 0.570. The predicted molar refractivity (Wildman–Crippen MR) is 139 cm³/mol. The number of aromatic nitrogens is 5. The van der Waals surface area contributed by atoms with Crippen LogP contribution in [0.5, 0.6) is 0 Å². The average molecular weight is 494 g/mol. The van der Waals surface area contributed by atoms with Crippen molar-refractivity contribution in [3.8, 4) is 0 Å². The van der Waals surface area contributed by atoms with Crippen LogP contribution in [0.2, 0.25) is 0 Å². The van der Waals surface area contributed by atoms with Crippen LogP contribution in [0.1, 0.15) is 34.7 Å². The van der Waals surface area contributed by atoms with E-state index in [0.717, 1.165) is 35.9 Å². The highest BCUT2D eigenvalue weighted by Gasteiger charge is 2.22. The topological polar surface area (TPSA) is 103 Å². The second kappa shape index (κ2) is 9.71. The number of rotatable bonds is 7. The molecule has 5 rings (SSSR count). The van der Waals surface area contributed by atoms with Gasteiger partial charge in [-0.25, -0.2) is 4.98 Å². The van der Waals surface area contributed by atoms with Crippen LogP contribution in [0.4, 0.5) is 11.9 Å². The minimum atomic E-state index is 0.0620. The fourth-order valence-electron chi connectivity index (χ4n) is 4.23. The maximum atomic E-state index is 13.8. The van der Waals surface area contributed by atoms with E-state index in [1.165, 1.54) is 34.2 Å². The number of fused-ring (bicyclic) bond motifs is 3. The smallest absolute Gasteiger partial charge is 0.263 e. The molecule has 0 saturated carbocycles. The molecule has 10 heteroatoms. The van der Waals surface area contributed by atoms with Crippen LogP contribution in [-0.2, 0) is 31.6 Å². The Labute approximate surface area is 206 Å². The molecule has 34 heavy (non-hydrogen) atoms. The number of aryl methyl sites for hydroxylation is 3. The fourth-order valence-corrected chi connectivity index (χ4v) is 6.41. The largest absolute Gasteiger partial charge is 0.368 e. The molecular weight excluding hydrogens is 466 g/mol. The summed E-state index contributed by atoms with van der Waals surface area (Å²) in [6, 6.07) is 10.2. The summed E-state index contributed by atoms with van der Waals surface area (Å²) in [6.07, 6.45) is 5.08. The number of nitrogen functional groups attached to an aromatic ring is 1. The van der Waals surface area contributed by atoms with Crippen LogP contribution in [-0.4, -0.2) is 38.6 Å². The zero-order valence-corrected chi connectivity index (χ0v) is 21.0. The van der Waals surface area contributed by atoms with Gasteiger partial charge in [0.2, 0.25) is 11.9 Å². The van der Waals surface area contributed by atoms with Gasteiger partial charge in [-0.3, -0.25) is 9.36 Å². The van der Waals surface area contributed by atoms with Crippen LogP contribution < -0.4 is 16.2 Å². The number of anilines is 2. The molecule has 176 valence electrons. The van der Waals surface area contributed by atoms with E-state index >= 15 is 0 Å². The van der Waals surface area contributed by atoms with Gasteiger partial charge in [0.15, 0.2) is 5.16 Å². The van der Waals surface area contributed by atoms with Gasteiger partial charge in [-0.2, -0.15) is 15.0 Å². The molecule has 0 aliphatic heterocycles. The lowest BCUT2D eigenvalue weighted by Crippen LogP contribution is -2.25. The highest BCUT2D eigenvalue weighted by molar-refractivity contribution is 7.98. The maximum Gasteiger partial charge on any atom is 0.263 e. The maximum absolute atomic E-state index is 13.8. The quantitative estimate of drug-likeness (QED) is 0.307. The summed E-state index contributed by atoms with van der Waals surface area (Å²) in [5, 5.41) is 1.51. The van der Waals surface area contributed by atoms with Crippen molar-refractivity contribution in [1.29, 1.82) is 0 Å². The first-order valence-electron chi connectivity index (χ1n) is 11.4. The van der Waals surface area contributed by atoms with Gasteiger partial charge in [-0.15, -0.1) is 11.3 Å².